The molecule has 0 aromatic heterocycles. The zero-order valence-electron chi connectivity index (χ0n) is 13.1. The van der Waals surface area contributed by atoms with Crippen LogP contribution in [-0.4, -0.2) is 32.1 Å². The van der Waals surface area contributed by atoms with E-state index in [-0.39, 0.29) is 10.7 Å². The maximum Gasteiger partial charge on any atom is 0.315 e. The van der Waals surface area contributed by atoms with E-state index in [4.69, 9.17) is 5.73 Å². The quantitative estimate of drug-likeness (QED) is 0.904. The zero-order chi connectivity index (χ0) is 17.5. The van der Waals surface area contributed by atoms with E-state index in [2.05, 4.69) is 0 Å². The number of fused-ring (bicyclic) bond motifs is 1. The number of benzene rings is 2. The number of amides is 2. The summed E-state index contributed by atoms with van der Waals surface area (Å²) in [5.41, 5.74) is 7.84. The van der Waals surface area contributed by atoms with Crippen LogP contribution in [0.25, 0.3) is 0 Å². The Morgan fingerprint density at radius 2 is 1.88 bits per heavy atom. The van der Waals surface area contributed by atoms with Crippen molar-refractivity contribution in [2.45, 2.75) is 17.4 Å². The number of halogens is 1. The molecule has 2 N–H and O–H groups in total. The summed E-state index contributed by atoms with van der Waals surface area (Å²) in [6, 6.07) is 9.56. The number of urea groups is 1. The van der Waals surface area contributed by atoms with Crippen LogP contribution in [0, 0.1) is 5.82 Å². The molecule has 1 heterocycles. The average molecular weight is 348 g/mol. The van der Waals surface area contributed by atoms with Gasteiger partial charge in [-0.15, -0.1) is 0 Å². The largest absolute Gasteiger partial charge is 0.351 e. The Kier molecular flexibility index (Phi) is 4.04. The summed E-state index contributed by atoms with van der Waals surface area (Å²) >= 11 is 0. The Morgan fingerprint density at radius 1 is 1.21 bits per heavy atom. The first-order chi connectivity index (χ1) is 11.3. The number of nitrogens with zero attached hydrogens (tertiary/aromatic N) is 1. The fourth-order valence-electron chi connectivity index (χ4n) is 3.07. The first kappa shape index (κ1) is 16.4. The predicted octanol–water partition coefficient (Wildman–Crippen LogP) is 2.26. The van der Waals surface area contributed by atoms with Crippen LogP contribution in [0.5, 0.6) is 0 Å². The van der Waals surface area contributed by atoms with E-state index in [1.807, 2.05) is 0 Å². The van der Waals surface area contributed by atoms with Gasteiger partial charge < -0.3 is 10.6 Å². The molecule has 0 aliphatic carbocycles. The lowest BCUT2D eigenvalue weighted by molar-refractivity contribution is 0.189. The van der Waals surface area contributed by atoms with E-state index in [9.17, 15) is 17.6 Å². The van der Waals surface area contributed by atoms with Gasteiger partial charge in [-0.3, -0.25) is 0 Å². The van der Waals surface area contributed by atoms with Crippen molar-refractivity contribution >= 4 is 15.9 Å². The first-order valence-corrected chi connectivity index (χ1v) is 9.31. The van der Waals surface area contributed by atoms with E-state index in [0.717, 1.165) is 11.8 Å². The van der Waals surface area contributed by atoms with Crippen molar-refractivity contribution in [1.29, 1.82) is 0 Å². The summed E-state index contributed by atoms with van der Waals surface area (Å²) in [7, 11) is -3.38. The molecule has 1 aliphatic rings. The second-order valence-electron chi connectivity index (χ2n) is 5.87. The van der Waals surface area contributed by atoms with Crippen molar-refractivity contribution in [3.63, 3.8) is 0 Å². The van der Waals surface area contributed by atoms with E-state index < -0.39 is 21.9 Å². The molecule has 24 heavy (non-hydrogen) atoms. The molecular weight excluding hydrogens is 331 g/mol. The van der Waals surface area contributed by atoms with Crippen LogP contribution in [0.3, 0.4) is 0 Å². The van der Waals surface area contributed by atoms with E-state index in [1.165, 1.54) is 17.0 Å². The van der Waals surface area contributed by atoms with Gasteiger partial charge in [-0.05, 0) is 47.4 Å². The lowest BCUT2D eigenvalue weighted by Gasteiger charge is -2.36. The molecule has 0 saturated heterocycles. The number of sulfone groups is 1. The third kappa shape index (κ3) is 2.99. The van der Waals surface area contributed by atoms with Crippen LogP contribution in [-0.2, 0) is 16.3 Å². The molecule has 3 rings (SSSR count). The molecule has 0 spiro atoms. The fourth-order valence-corrected chi connectivity index (χ4v) is 3.72. The van der Waals surface area contributed by atoms with Crippen molar-refractivity contribution < 1.29 is 17.6 Å². The van der Waals surface area contributed by atoms with E-state index >= 15 is 0 Å². The van der Waals surface area contributed by atoms with Gasteiger partial charge in [0.1, 0.15) is 5.82 Å². The van der Waals surface area contributed by atoms with Gasteiger partial charge in [0.2, 0.25) is 0 Å². The predicted molar refractivity (Wildman–Crippen MR) is 87.8 cm³/mol. The van der Waals surface area contributed by atoms with Crippen molar-refractivity contribution in [1.82, 2.24) is 4.90 Å². The third-order valence-electron chi connectivity index (χ3n) is 4.24. The highest BCUT2D eigenvalue weighted by Crippen LogP contribution is 2.36. The molecule has 0 unspecified atom stereocenters. The van der Waals surface area contributed by atoms with Crippen LogP contribution >= 0.6 is 0 Å². The molecule has 2 aromatic rings. The van der Waals surface area contributed by atoms with E-state index in [1.54, 1.807) is 30.3 Å². The maximum atomic E-state index is 13.2. The minimum absolute atomic E-state index is 0.180. The molecule has 5 nitrogen and oxygen atoms in total. The molecule has 0 fully saturated rings. The van der Waals surface area contributed by atoms with Gasteiger partial charge >= 0.3 is 6.03 Å². The van der Waals surface area contributed by atoms with Crippen LogP contribution in [0.4, 0.5) is 9.18 Å². The molecule has 2 amide bonds. The Balaban J connectivity index is 2.19. The van der Waals surface area contributed by atoms with Crippen molar-refractivity contribution in [3.8, 4) is 0 Å². The fraction of sp³-hybridized carbons (Fsp3) is 0.235. The monoisotopic (exact) mass is 348 g/mol. The summed E-state index contributed by atoms with van der Waals surface area (Å²) in [5.74, 6) is -0.384. The zero-order valence-corrected chi connectivity index (χ0v) is 13.9. The standard InChI is InChI=1S/C17H17FN2O3S/c1-24(22,23)14-7-4-11-8-9-20(17(19)21)16(15(11)10-14)12-2-5-13(18)6-3-12/h2-7,10,16H,8-9H2,1H3,(H2,19,21)/t16-/m1/s1. The number of rotatable bonds is 2. The minimum Gasteiger partial charge on any atom is -0.351 e. The summed E-state index contributed by atoms with van der Waals surface area (Å²) in [4.78, 5) is 13.5. The number of carbonyl (C=O) groups excluding carboxylic acids is 1. The van der Waals surface area contributed by atoms with Crippen LogP contribution in [0.1, 0.15) is 22.7 Å². The molecule has 0 bridgehead atoms. The van der Waals surface area contributed by atoms with Gasteiger partial charge in [-0.2, -0.15) is 0 Å². The molecule has 0 radical (unpaired) electrons. The van der Waals surface area contributed by atoms with Gasteiger partial charge in [0, 0.05) is 12.8 Å². The Hall–Kier alpha value is -2.41. The molecule has 0 saturated carbocycles. The van der Waals surface area contributed by atoms with Gasteiger partial charge in [0.25, 0.3) is 0 Å². The Bertz CT molecular complexity index is 895. The first-order valence-electron chi connectivity index (χ1n) is 7.42. The number of carbonyl (C=O) groups is 1. The molecular formula is C17H17FN2O3S. The van der Waals surface area contributed by atoms with E-state index in [0.29, 0.717) is 24.1 Å². The van der Waals surface area contributed by atoms with Crippen LogP contribution < -0.4 is 5.73 Å². The van der Waals surface area contributed by atoms with Crippen molar-refractivity contribution in [2.24, 2.45) is 5.73 Å². The molecule has 1 atom stereocenters. The molecule has 2 aromatic carbocycles. The lowest BCUT2D eigenvalue weighted by atomic mass is 9.88. The van der Waals surface area contributed by atoms with Gasteiger partial charge in [-0.1, -0.05) is 18.2 Å². The number of nitrogens with two attached hydrogens (primary N) is 1. The summed E-state index contributed by atoms with van der Waals surface area (Å²) < 4.78 is 37.0. The maximum absolute atomic E-state index is 13.2. The van der Waals surface area contributed by atoms with Crippen LogP contribution in [0.2, 0.25) is 0 Å². The molecule has 1 aliphatic heterocycles. The number of hydrogen-bond acceptors (Lipinski definition) is 3. The highest BCUT2D eigenvalue weighted by molar-refractivity contribution is 7.90. The SMILES string of the molecule is CS(=O)(=O)c1ccc2c(c1)[C@@H](c1ccc(F)cc1)N(C(N)=O)CC2. The Morgan fingerprint density at radius 3 is 2.46 bits per heavy atom. The average Bonchev–Trinajstić information content (AvgIpc) is 2.53. The third-order valence-corrected chi connectivity index (χ3v) is 5.35. The second kappa shape index (κ2) is 5.90. The second-order valence-corrected chi connectivity index (χ2v) is 7.88. The highest BCUT2D eigenvalue weighted by atomic mass is 32.2. The summed E-state index contributed by atoms with van der Waals surface area (Å²) in [6.07, 6.45) is 1.72. The number of primary amides is 1. The minimum atomic E-state index is -3.38. The Labute approximate surface area is 139 Å². The summed E-state index contributed by atoms with van der Waals surface area (Å²) in [5, 5.41) is 0. The molecule has 126 valence electrons. The molecule has 7 heteroatoms. The summed E-state index contributed by atoms with van der Waals surface area (Å²) in [6.45, 7) is 0.419. The van der Waals surface area contributed by atoms with Crippen molar-refractivity contribution in [2.75, 3.05) is 12.8 Å². The van der Waals surface area contributed by atoms with Gasteiger partial charge in [-0.25, -0.2) is 17.6 Å². The topological polar surface area (TPSA) is 80.5 Å². The van der Waals surface area contributed by atoms with Crippen molar-refractivity contribution in [3.05, 3.63) is 65.0 Å². The smallest absolute Gasteiger partial charge is 0.315 e. The normalized spacial score (nSPS) is 17.4. The lowest BCUT2D eigenvalue weighted by Crippen LogP contribution is -2.43. The van der Waals surface area contributed by atoms with Crippen LogP contribution in [0.15, 0.2) is 47.4 Å². The number of hydrogen-bond donors (Lipinski definition) is 1. The van der Waals surface area contributed by atoms with Gasteiger partial charge in [0.05, 0.1) is 10.9 Å². The highest BCUT2D eigenvalue weighted by Gasteiger charge is 2.31. The van der Waals surface area contributed by atoms with Gasteiger partial charge in [0.15, 0.2) is 9.84 Å².